The van der Waals surface area contributed by atoms with E-state index in [4.69, 9.17) is 0 Å². The van der Waals surface area contributed by atoms with Gasteiger partial charge in [-0.2, -0.15) is 0 Å². The summed E-state index contributed by atoms with van der Waals surface area (Å²) >= 11 is 0. The Morgan fingerprint density at radius 2 is 1.96 bits per heavy atom. The van der Waals surface area contributed by atoms with Crippen LogP contribution in [0.3, 0.4) is 0 Å². The van der Waals surface area contributed by atoms with Gasteiger partial charge < -0.3 is 5.32 Å². The van der Waals surface area contributed by atoms with Crippen molar-refractivity contribution in [3.63, 3.8) is 0 Å². The molecule has 2 atom stereocenters. The van der Waals surface area contributed by atoms with E-state index in [1.807, 2.05) is 36.4 Å². The summed E-state index contributed by atoms with van der Waals surface area (Å²) in [4.78, 5) is 24.5. The normalized spacial score (nSPS) is 19.7. The molecule has 0 aliphatic carbocycles. The molecule has 3 heterocycles. The van der Waals surface area contributed by atoms with E-state index in [1.165, 1.54) is 9.08 Å². The fraction of sp³-hybridized carbons (Fsp3) is 0.278. The van der Waals surface area contributed by atoms with Crippen molar-refractivity contribution in [2.45, 2.75) is 25.0 Å². The molecule has 0 saturated carbocycles. The highest BCUT2D eigenvalue weighted by Crippen LogP contribution is 2.21. The van der Waals surface area contributed by atoms with E-state index in [0.717, 1.165) is 5.56 Å². The maximum absolute atomic E-state index is 12.3. The summed E-state index contributed by atoms with van der Waals surface area (Å²) in [6.45, 7) is 0.672. The molecule has 134 valence electrons. The number of carbonyl (C=O) groups excluding carboxylic acids is 1. The van der Waals surface area contributed by atoms with Gasteiger partial charge in [0.2, 0.25) is 5.91 Å². The van der Waals surface area contributed by atoms with Crippen LogP contribution in [0.15, 0.2) is 59.5 Å². The minimum atomic E-state index is -0.307. The number of carbonyl (C=O) groups is 1. The number of fused-ring (bicyclic) bond motifs is 1. The summed E-state index contributed by atoms with van der Waals surface area (Å²) in [6.07, 6.45) is 2.35. The third-order valence-electron chi connectivity index (χ3n) is 4.53. The van der Waals surface area contributed by atoms with E-state index in [2.05, 4.69) is 21.3 Å². The highest BCUT2D eigenvalue weighted by Gasteiger charge is 2.29. The predicted octanol–water partition coefficient (Wildman–Crippen LogP) is 0.220. The van der Waals surface area contributed by atoms with Crippen LogP contribution >= 0.6 is 0 Å². The molecule has 0 bridgehead atoms. The molecule has 1 aromatic carbocycles. The van der Waals surface area contributed by atoms with E-state index in [1.54, 1.807) is 18.3 Å². The first kappa shape index (κ1) is 16.5. The van der Waals surface area contributed by atoms with Crippen LogP contribution in [-0.2, 0) is 11.3 Å². The number of aromatic nitrogens is 3. The van der Waals surface area contributed by atoms with Crippen molar-refractivity contribution in [3.8, 4) is 0 Å². The van der Waals surface area contributed by atoms with Gasteiger partial charge in [-0.3, -0.25) is 9.20 Å². The summed E-state index contributed by atoms with van der Waals surface area (Å²) in [5.41, 5.74) is 7.72. The number of amides is 1. The van der Waals surface area contributed by atoms with Gasteiger partial charge in [-0.25, -0.2) is 20.3 Å². The fourth-order valence-corrected chi connectivity index (χ4v) is 3.15. The van der Waals surface area contributed by atoms with Crippen LogP contribution in [-0.4, -0.2) is 32.7 Å². The van der Waals surface area contributed by atoms with Gasteiger partial charge in [-0.1, -0.05) is 36.4 Å². The second-order valence-corrected chi connectivity index (χ2v) is 6.27. The van der Waals surface area contributed by atoms with Gasteiger partial charge in [-0.15, -0.1) is 5.10 Å². The van der Waals surface area contributed by atoms with Gasteiger partial charge >= 0.3 is 5.69 Å². The number of hydrogen-bond donors (Lipinski definition) is 3. The third-order valence-corrected chi connectivity index (χ3v) is 4.53. The zero-order valence-electron chi connectivity index (χ0n) is 14.1. The first-order chi connectivity index (χ1) is 12.7. The Morgan fingerprint density at radius 1 is 1.15 bits per heavy atom. The lowest BCUT2D eigenvalue weighted by molar-refractivity contribution is -0.122. The van der Waals surface area contributed by atoms with Crippen LogP contribution in [0.2, 0.25) is 0 Å². The van der Waals surface area contributed by atoms with Gasteiger partial charge in [0.15, 0.2) is 5.65 Å². The summed E-state index contributed by atoms with van der Waals surface area (Å²) in [7, 11) is 0. The molecule has 3 N–H and O–H groups in total. The van der Waals surface area contributed by atoms with Crippen LogP contribution < -0.4 is 21.9 Å². The Balaban J connectivity index is 1.32. The molecule has 8 heteroatoms. The topological polar surface area (TPSA) is 92.5 Å². The molecule has 4 rings (SSSR count). The smallest absolute Gasteiger partial charge is 0.350 e. The molecule has 2 aromatic heterocycles. The van der Waals surface area contributed by atoms with Gasteiger partial charge in [-0.05, 0) is 24.1 Å². The molecular formula is C18H20N6O2. The zero-order valence-corrected chi connectivity index (χ0v) is 14.1. The highest BCUT2D eigenvalue weighted by molar-refractivity contribution is 5.82. The second-order valence-electron chi connectivity index (χ2n) is 6.27. The minimum Gasteiger partial charge on any atom is -0.353 e. The molecule has 1 amide bonds. The average molecular weight is 352 g/mol. The molecule has 26 heavy (non-hydrogen) atoms. The number of rotatable bonds is 5. The Labute approximate surface area is 149 Å². The third kappa shape index (κ3) is 3.24. The molecule has 1 saturated heterocycles. The van der Waals surface area contributed by atoms with Crippen LogP contribution in [0.25, 0.3) is 5.65 Å². The summed E-state index contributed by atoms with van der Waals surface area (Å²) < 4.78 is 2.84. The van der Waals surface area contributed by atoms with Crippen molar-refractivity contribution >= 4 is 11.6 Å². The van der Waals surface area contributed by atoms with Crippen LogP contribution in [0.5, 0.6) is 0 Å². The Bertz CT molecular complexity index is 964. The number of hydrazine groups is 1. The number of pyridine rings is 1. The number of nitrogens with zero attached hydrogens (tertiary/aromatic N) is 3. The zero-order chi connectivity index (χ0) is 17.9. The lowest BCUT2D eigenvalue weighted by Gasteiger charge is -2.10. The Morgan fingerprint density at radius 3 is 2.77 bits per heavy atom. The summed E-state index contributed by atoms with van der Waals surface area (Å²) in [5.74, 6) is -0.0901. The van der Waals surface area contributed by atoms with Crippen molar-refractivity contribution in [1.29, 1.82) is 0 Å². The maximum atomic E-state index is 12.3. The molecule has 0 spiro atoms. The van der Waals surface area contributed by atoms with E-state index in [9.17, 15) is 9.59 Å². The molecular weight excluding hydrogens is 332 g/mol. The molecule has 1 fully saturated rings. The van der Waals surface area contributed by atoms with Crippen LogP contribution in [0.1, 0.15) is 18.0 Å². The van der Waals surface area contributed by atoms with E-state index < -0.39 is 0 Å². The lowest BCUT2D eigenvalue weighted by atomic mass is 10.0. The van der Waals surface area contributed by atoms with E-state index in [0.29, 0.717) is 25.2 Å². The SMILES string of the molecule is O=C(NCCn1nc2ccccn2c1=O)C1CC(c2ccccc2)NN1. The first-order valence-electron chi connectivity index (χ1n) is 8.60. The van der Waals surface area contributed by atoms with E-state index in [-0.39, 0.29) is 23.7 Å². The van der Waals surface area contributed by atoms with Gasteiger partial charge in [0.1, 0.15) is 6.04 Å². The van der Waals surface area contributed by atoms with Crippen molar-refractivity contribution in [2.75, 3.05) is 6.54 Å². The molecule has 1 aliphatic rings. The fourth-order valence-electron chi connectivity index (χ4n) is 3.15. The van der Waals surface area contributed by atoms with Crippen LogP contribution in [0, 0.1) is 0 Å². The second kappa shape index (κ2) is 7.11. The molecule has 3 aromatic rings. The molecule has 0 radical (unpaired) electrons. The van der Waals surface area contributed by atoms with Crippen molar-refractivity contribution in [2.24, 2.45) is 0 Å². The highest BCUT2D eigenvalue weighted by atomic mass is 16.2. The van der Waals surface area contributed by atoms with Gasteiger partial charge in [0, 0.05) is 18.8 Å². The van der Waals surface area contributed by atoms with Crippen LogP contribution in [0.4, 0.5) is 0 Å². The van der Waals surface area contributed by atoms with Crippen molar-refractivity contribution in [3.05, 3.63) is 70.8 Å². The Kier molecular flexibility index (Phi) is 4.51. The molecule has 2 unspecified atom stereocenters. The molecule has 1 aliphatic heterocycles. The van der Waals surface area contributed by atoms with Gasteiger partial charge in [0.05, 0.1) is 6.54 Å². The average Bonchev–Trinajstić information content (AvgIpc) is 3.29. The summed E-state index contributed by atoms with van der Waals surface area (Å²) in [6, 6.07) is 15.2. The number of nitrogens with one attached hydrogen (secondary N) is 3. The Hall–Kier alpha value is -2.97. The predicted molar refractivity (Wildman–Crippen MR) is 96.3 cm³/mol. The monoisotopic (exact) mass is 352 g/mol. The van der Waals surface area contributed by atoms with Crippen molar-refractivity contribution in [1.82, 2.24) is 30.3 Å². The maximum Gasteiger partial charge on any atom is 0.350 e. The quantitative estimate of drug-likeness (QED) is 0.611. The van der Waals surface area contributed by atoms with Crippen molar-refractivity contribution < 1.29 is 4.79 Å². The summed E-state index contributed by atoms with van der Waals surface area (Å²) in [5, 5.41) is 7.11. The van der Waals surface area contributed by atoms with Gasteiger partial charge in [0.25, 0.3) is 0 Å². The number of benzene rings is 1. The van der Waals surface area contributed by atoms with E-state index >= 15 is 0 Å². The lowest BCUT2D eigenvalue weighted by Crippen LogP contribution is -2.44. The first-order valence-corrected chi connectivity index (χ1v) is 8.60. The molecule has 8 nitrogen and oxygen atoms in total. The number of hydrogen-bond acceptors (Lipinski definition) is 5. The largest absolute Gasteiger partial charge is 0.353 e. The standard InChI is InChI=1S/C18H20N6O2/c25-17(15-12-14(20-21-15)13-6-2-1-3-7-13)19-9-11-24-18(26)23-10-5-4-8-16(23)22-24/h1-8,10,14-15,20-21H,9,11-12H2,(H,19,25). The minimum absolute atomic E-state index is 0.0901.